The van der Waals surface area contributed by atoms with E-state index in [-0.39, 0.29) is 0 Å². The molecule has 1 saturated carbocycles. The number of rotatable bonds is 2. The molecule has 1 heterocycles. The third kappa shape index (κ3) is 2.77. The van der Waals surface area contributed by atoms with Crippen molar-refractivity contribution in [1.29, 1.82) is 5.26 Å². The van der Waals surface area contributed by atoms with Gasteiger partial charge < -0.3 is 4.90 Å². The predicted octanol–water partition coefficient (Wildman–Crippen LogP) is 3.85. The minimum atomic E-state index is 0.528. The van der Waals surface area contributed by atoms with Crippen LogP contribution in [0.2, 0.25) is 0 Å². The van der Waals surface area contributed by atoms with Gasteiger partial charge in [-0.25, -0.2) is 4.98 Å². The van der Waals surface area contributed by atoms with Crippen molar-refractivity contribution in [3.8, 4) is 6.07 Å². The van der Waals surface area contributed by atoms with Gasteiger partial charge >= 0.3 is 0 Å². The number of nitrogens with zero attached hydrogens (tertiary/aromatic N) is 3. The second kappa shape index (κ2) is 6.05. The van der Waals surface area contributed by atoms with Crippen LogP contribution in [0.4, 0.5) is 5.82 Å². The highest BCUT2D eigenvalue weighted by Gasteiger charge is 2.28. The lowest BCUT2D eigenvalue weighted by Crippen LogP contribution is -2.40. The van der Waals surface area contributed by atoms with Crippen LogP contribution in [0.1, 0.15) is 62.3 Å². The summed E-state index contributed by atoms with van der Waals surface area (Å²) in [4.78, 5) is 7.19. The monoisotopic (exact) mass is 283 g/mol. The van der Waals surface area contributed by atoms with E-state index in [4.69, 9.17) is 4.98 Å². The van der Waals surface area contributed by atoms with E-state index in [1.54, 1.807) is 0 Å². The molecule has 2 aliphatic rings. The van der Waals surface area contributed by atoms with Gasteiger partial charge in [-0.3, -0.25) is 0 Å². The van der Waals surface area contributed by atoms with Crippen molar-refractivity contribution < 1.29 is 0 Å². The highest BCUT2D eigenvalue weighted by Crippen LogP contribution is 2.32. The number of aryl methyl sites for hydroxylation is 2. The molecule has 0 amide bonds. The number of hydrogen-bond acceptors (Lipinski definition) is 3. The van der Waals surface area contributed by atoms with Crippen LogP contribution in [-0.4, -0.2) is 18.1 Å². The molecule has 2 atom stereocenters. The van der Waals surface area contributed by atoms with Crippen molar-refractivity contribution in [3.63, 3.8) is 0 Å². The maximum absolute atomic E-state index is 9.52. The van der Waals surface area contributed by atoms with Crippen LogP contribution in [0, 0.1) is 17.2 Å². The molecule has 3 heteroatoms. The minimum Gasteiger partial charge on any atom is -0.355 e. The molecular formula is C18H25N3. The average Bonchev–Trinajstić information content (AvgIpc) is 2.53. The van der Waals surface area contributed by atoms with E-state index in [9.17, 15) is 5.26 Å². The fraction of sp³-hybridized carbons (Fsp3) is 0.667. The van der Waals surface area contributed by atoms with Crippen molar-refractivity contribution in [2.24, 2.45) is 5.92 Å². The summed E-state index contributed by atoms with van der Waals surface area (Å²) in [6, 6.07) is 5.00. The summed E-state index contributed by atoms with van der Waals surface area (Å²) in [5.41, 5.74) is 3.29. The van der Waals surface area contributed by atoms with Crippen LogP contribution in [-0.2, 0) is 12.8 Å². The molecular weight excluding hydrogens is 258 g/mol. The molecule has 3 rings (SSSR count). The van der Waals surface area contributed by atoms with E-state index >= 15 is 0 Å². The standard InChI is InChI=1S/C18H25N3/c1-13-7-3-6-10-17(13)21(2)18-15(12-19)11-14-8-4-5-9-16(14)20-18/h11,13,17H,3-10H2,1-2H3. The molecule has 1 fully saturated rings. The molecule has 2 aliphatic carbocycles. The molecule has 0 radical (unpaired) electrons. The highest BCUT2D eigenvalue weighted by atomic mass is 15.2. The lowest BCUT2D eigenvalue weighted by molar-refractivity contribution is 0.320. The Bertz CT molecular complexity index is 558. The Balaban J connectivity index is 1.94. The Hall–Kier alpha value is -1.56. The maximum Gasteiger partial charge on any atom is 0.146 e. The summed E-state index contributed by atoms with van der Waals surface area (Å²) in [7, 11) is 2.13. The Morgan fingerprint density at radius 3 is 2.71 bits per heavy atom. The van der Waals surface area contributed by atoms with Crippen molar-refractivity contribution in [1.82, 2.24) is 4.98 Å². The van der Waals surface area contributed by atoms with Crippen LogP contribution in [0.5, 0.6) is 0 Å². The van der Waals surface area contributed by atoms with Gasteiger partial charge in [0.15, 0.2) is 0 Å². The summed E-state index contributed by atoms with van der Waals surface area (Å²) in [6.07, 6.45) is 9.77. The topological polar surface area (TPSA) is 39.9 Å². The molecule has 0 aliphatic heterocycles. The second-order valence-electron chi connectivity index (χ2n) is 6.72. The SMILES string of the molecule is CC1CCCCC1N(C)c1nc2c(cc1C#N)CCCC2. The molecule has 3 nitrogen and oxygen atoms in total. The van der Waals surface area contributed by atoms with Gasteiger partial charge in [0.2, 0.25) is 0 Å². The van der Waals surface area contributed by atoms with Crippen LogP contribution < -0.4 is 4.90 Å². The number of fused-ring (bicyclic) bond motifs is 1. The fourth-order valence-electron chi connectivity index (χ4n) is 4.00. The smallest absolute Gasteiger partial charge is 0.146 e. The molecule has 0 bridgehead atoms. The number of aromatic nitrogens is 1. The van der Waals surface area contributed by atoms with Crippen molar-refractivity contribution >= 4 is 5.82 Å². The van der Waals surface area contributed by atoms with E-state index < -0.39 is 0 Å². The molecule has 0 aromatic carbocycles. The zero-order valence-corrected chi connectivity index (χ0v) is 13.2. The zero-order chi connectivity index (χ0) is 14.8. The van der Waals surface area contributed by atoms with E-state index in [0.29, 0.717) is 12.0 Å². The van der Waals surface area contributed by atoms with E-state index in [1.807, 2.05) is 0 Å². The zero-order valence-electron chi connectivity index (χ0n) is 13.2. The minimum absolute atomic E-state index is 0.528. The summed E-state index contributed by atoms with van der Waals surface area (Å²) >= 11 is 0. The van der Waals surface area contributed by atoms with Crippen LogP contribution in [0.25, 0.3) is 0 Å². The van der Waals surface area contributed by atoms with Gasteiger partial charge in [0.1, 0.15) is 11.9 Å². The van der Waals surface area contributed by atoms with Gasteiger partial charge in [0.25, 0.3) is 0 Å². The number of hydrogen-bond donors (Lipinski definition) is 0. The predicted molar refractivity (Wildman–Crippen MR) is 85.4 cm³/mol. The van der Waals surface area contributed by atoms with Gasteiger partial charge in [-0.2, -0.15) is 5.26 Å². The number of nitriles is 1. The highest BCUT2D eigenvalue weighted by molar-refractivity contribution is 5.56. The second-order valence-corrected chi connectivity index (χ2v) is 6.72. The molecule has 0 spiro atoms. The third-order valence-corrected chi connectivity index (χ3v) is 5.30. The summed E-state index contributed by atoms with van der Waals surface area (Å²) in [5.74, 6) is 1.60. The van der Waals surface area contributed by atoms with E-state index in [0.717, 1.165) is 24.2 Å². The number of anilines is 1. The van der Waals surface area contributed by atoms with Crippen molar-refractivity contribution in [3.05, 3.63) is 22.9 Å². The first-order valence-electron chi connectivity index (χ1n) is 8.36. The lowest BCUT2D eigenvalue weighted by Gasteiger charge is -2.37. The van der Waals surface area contributed by atoms with Gasteiger partial charge in [0.05, 0.1) is 5.56 Å². The normalized spacial score (nSPS) is 25.0. The van der Waals surface area contributed by atoms with E-state index in [1.165, 1.54) is 49.8 Å². The van der Waals surface area contributed by atoms with Crippen LogP contribution >= 0.6 is 0 Å². The number of pyridine rings is 1. The Morgan fingerprint density at radius 1 is 1.19 bits per heavy atom. The molecule has 1 aromatic rings. The molecule has 0 N–H and O–H groups in total. The Kier molecular flexibility index (Phi) is 4.14. The fourth-order valence-corrected chi connectivity index (χ4v) is 4.00. The van der Waals surface area contributed by atoms with Gasteiger partial charge in [-0.15, -0.1) is 0 Å². The Morgan fingerprint density at radius 2 is 1.95 bits per heavy atom. The summed E-state index contributed by atoms with van der Waals surface area (Å²) in [6.45, 7) is 2.34. The Labute approximate surface area is 128 Å². The molecule has 2 unspecified atom stereocenters. The first kappa shape index (κ1) is 14.4. The van der Waals surface area contributed by atoms with Crippen LogP contribution in [0.15, 0.2) is 6.07 Å². The first-order valence-corrected chi connectivity index (χ1v) is 8.36. The average molecular weight is 283 g/mol. The largest absolute Gasteiger partial charge is 0.355 e. The van der Waals surface area contributed by atoms with Crippen molar-refractivity contribution in [2.75, 3.05) is 11.9 Å². The van der Waals surface area contributed by atoms with Gasteiger partial charge in [-0.05, 0) is 56.1 Å². The quantitative estimate of drug-likeness (QED) is 0.827. The van der Waals surface area contributed by atoms with Crippen molar-refractivity contribution in [2.45, 2.75) is 64.3 Å². The molecule has 0 saturated heterocycles. The summed E-state index contributed by atoms with van der Waals surface area (Å²) in [5, 5.41) is 9.52. The summed E-state index contributed by atoms with van der Waals surface area (Å²) < 4.78 is 0. The first-order chi connectivity index (χ1) is 10.2. The molecule has 1 aromatic heterocycles. The molecule has 21 heavy (non-hydrogen) atoms. The van der Waals surface area contributed by atoms with Crippen LogP contribution in [0.3, 0.4) is 0 Å². The van der Waals surface area contributed by atoms with Gasteiger partial charge in [0, 0.05) is 18.8 Å². The van der Waals surface area contributed by atoms with Gasteiger partial charge in [-0.1, -0.05) is 19.8 Å². The third-order valence-electron chi connectivity index (χ3n) is 5.30. The lowest BCUT2D eigenvalue weighted by atomic mass is 9.85. The maximum atomic E-state index is 9.52. The van der Waals surface area contributed by atoms with E-state index in [2.05, 4.69) is 31.0 Å². The molecule has 112 valence electrons.